The van der Waals surface area contributed by atoms with E-state index < -0.39 is 5.41 Å². The van der Waals surface area contributed by atoms with E-state index in [1.54, 1.807) is 0 Å². The second-order valence-corrected chi connectivity index (χ2v) is 17.4. The Kier molecular flexibility index (Phi) is 8.57. The zero-order valence-electron chi connectivity index (χ0n) is 35.6. The summed E-state index contributed by atoms with van der Waals surface area (Å²) in [5.41, 5.74) is 17.6. The van der Waals surface area contributed by atoms with Crippen molar-refractivity contribution in [1.82, 2.24) is 15.0 Å². The van der Waals surface area contributed by atoms with Crippen molar-refractivity contribution in [3.8, 4) is 33.6 Å². The quantitative estimate of drug-likeness (QED) is 0.157. The minimum atomic E-state index is -0.482. The van der Waals surface area contributed by atoms with Crippen LogP contribution in [-0.2, 0) is 5.41 Å². The van der Waals surface area contributed by atoms with Crippen molar-refractivity contribution < 1.29 is 0 Å². The topological polar surface area (TPSA) is 38.7 Å². The van der Waals surface area contributed by atoms with Gasteiger partial charge in [-0.3, -0.25) is 0 Å². The summed E-state index contributed by atoms with van der Waals surface area (Å²) in [4.78, 5) is 15.9. The van der Waals surface area contributed by atoms with Crippen molar-refractivity contribution in [2.24, 2.45) is 0 Å². The second-order valence-electron chi connectivity index (χ2n) is 17.4. The van der Waals surface area contributed by atoms with Gasteiger partial charge in [0.25, 0.3) is 0 Å². The number of allylic oxidation sites excluding steroid dienone is 4. The summed E-state index contributed by atoms with van der Waals surface area (Å²) in [6.45, 7) is 0. The fourth-order valence-corrected chi connectivity index (χ4v) is 10.8. The van der Waals surface area contributed by atoms with E-state index in [2.05, 4.69) is 224 Å². The Labute approximate surface area is 377 Å². The minimum absolute atomic E-state index is 0.161. The van der Waals surface area contributed by atoms with E-state index in [1.165, 1.54) is 49.9 Å². The van der Waals surface area contributed by atoms with Crippen molar-refractivity contribution in [3.05, 3.63) is 264 Å². The van der Waals surface area contributed by atoms with Crippen molar-refractivity contribution in [2.75, 3.05) is 0 Å². The van der Waals surface area contributed by atoms with Crippen LogP contribution in [0.5, 0.6) is 0 Å². The predicted octanol–water partition coefficient (Wildman–Crippen LogP) is 15.3. The molecule has 1 unspecified atom stereocenters. The molecule has 0 saturated heterocycles. The monoisotopic (exact) mass is 827 g/mol. The molecule has 13 rings (SSSR count). The molecule has 3 heteroatoms. The molecule has 0 bridgehead atoms. The van der Waals surface area contributed by atoms with Crippen LogP contribution in [0.3, 0.4) is 0 Å². The van der Waals surface area contributed by atoms with Crippen molar-refractivity contribution in [1.29, 1.82) is 0 Å². The number of nitrogens with zero attached hydrogens (tertiary/aromatic N) is 3. The summed E-state index contributed by atoms with van der Waals surface area (Å²) in [6, 6.07) is 76.9. The first-order valence-electron chi connectivity index (χ1n) is 22.5. The molecule has 304 valence electrons. The maximum atomic E-state index is 5.46. The Bertz CT molecular complexity index is 3700. The number of aromatic nitrogens is 3. The molecule has 1 atom stereocenters. The van der Waals surface area contributed by atoms with Gasteiger partial charge in [-0.1, -0.05) is 194 Å². The highest BCUT2D eigenvalue weighted by Gasteiger charge is 2.46. The summed E-state index contributed by atoms with van der Waals surface area (Å²) >= 11 is 0. The van der Waals surface area contributed by atoms with Gasteiger partial charge in [-0.15, -0.1) is 0 Å². The number of para-hydroxylation sites is 1. The lowest BCUT2D eigenvalue weighted by molar-refractivity contribution is 0.769. The van der Waals surface area contributed by atoms with Crippen LogP contribution in [0.4, 0.5) is 0 Å². The average Bonchev–Trinajstić information content (AvgIpc) is 3.68. The molecule has 0 radical (unpaired) electrons. The highest BCUT2D eigenvalue weighted by Crippen LogP contribution is 2.57. The number of benzene rings is 8. The maximum Gasteiger partial charge on any atom is 0.0972 e. The van der Waals surface area contributed by atoms with Crippen molar-refractivity contribution >= 4 is 49.1 Å². The smallest absolute Gasteiger partial charge is 0.0972 e. The van der Waals surface area contributed by atoms with Crippen LogP contribution >= 0.6 is 0 Å². The molecule has 8 aromatic carbocycles. The van der Waals surface area contributed by atoms with Gasteiger partial charge in [0.15, 0.2) is 0 Å². The Morgan fingerprint density at radius 1 is 0.431 bits per heavy atom. The SMILES string of the molecule is C1=CC(c2ccc3ccc4ccc(-c5ccccc5)nc4c3n2)CC=C1c1cccc(-c2nc3ccccc3c3cc4c(cc23)-c2ccccc2C4(c2ccccc2)c2ccccc2)c1. The summed E-state index contributed by atoms with van der Waals surface area (Å²) < 4.78 is 0. The second kappa shape index (κ2) is 14.9. The average molecular weight is 828 g/mol. The largest absolute Gasteiger partial charge is 0.250 e. The Morgan fingerprint density at radius 3 is 1.85 bits per heavy atom. The van der Waals surface area contributed by atoms with E-state index in [0.717, 1.165) is 72.7 Å². The van der Waals surface area contributed by atoms with Crippen molar-refractivity contribution in [3.63, 3.8) is 0 Å². The highest BCUT2D eigenvalue weighted by atomic mass is 14.8. The molecule has 2 aliphatic carbocycles. The van der Waals surface area contributed by atoms with Gasteiger partial charge in [-0.2, -0.15) is 0 Å². The van der Waals surface area contributed by atoms with Gasteiger partial charge in [0.2, 0.25) is 0 Å². The third-order valence-electron chi connectivity index (χ3n) is 13.8. The van der Waals surface area contributed by atoms with E-state index >= 15 is 0 Å². The van der Waals surface area contributed by atoms with E-state index in [9.17, 15) is 0 Å². The number of pyridine rings is 3. The maximum absolute atomic E-state index is 5.46. The molecule has 3 nitrogen and oxygen atoms in total. The molecule has 3 heterocycles. The number of fused-ring (bicyclic) bond motifs is 9. The molecular formula is C62H41N3. The van der Waals surface area contributed by atoms with Crippen molar-refractivity contribution in [2.45, 2.75) is 17.8 Å². The fourth-order valence-electron chi connectivity index (χ4n) is 10.8. The summed E-state index contributed by atoms with van der Waals surface area (Å²) in [5.74, 6) is 0.161. The molecule has 11 aromatic rings. The minimum Gasteiger partial charge on any atom is -0.250 e. The molecule has 0 amide bonds. The lowest BCUT2D eigenvalue weighted by Gasteiger charge is -2.34. The lowest BCUT2D eigenvalue weighted by Crippen LogP contribution is -2.28. The summed E-state index contributed by atoms with van der Waals surface area (Å²) in [6.07, 6.45) is 7.82. The van der Waals surface area contributed by atoms with Gasteiger partial charge in [0.05, 0.1) is 33.4 Å². The fraction of sp³-hybridized carbons (Fsp3) is 0.0484. The number of hydrogen-bond acceptors (Lipinski definition) is 3. The predicted molar refractivity (Wildman–Crippen MR) is 269 cm³/mol. The molecule has 65 heavy (non-hydrogen) atoms. The highest BCUT2D eigenvalue weighted by molar-refractivity contribution is 6.13. The van der Waals surface area contributed by atoms with Crippen LogP contribution in [0.2, 0.25) is 0 Å². The Balaban J connectivity index is 0.902. The third kappa shape index (κ3) is 5.93. The third-order valence-corrected chi connectivity index (χ3v) is 13.8. The first kappa shape index (κ1) is 37.3. The van der Waals surface area contributed by atoms with E-state index in [-0.39, 0.29) is 5.92 Å². The zero-order chi connectivity index (χ0) is 42.9. The Hall–Kier alpha value is -8.27. The molecular weight excluding hydrogens is 787 g/mol. The van der Waals surface area contributed by atoms with Crippen LogP contribution in [-0.4, -0.2) is 15.0 Å². The lowest BCUT2D eigenvalue weighted by atomic mass is 9.67. The van der Waals surface area contributed by atoms with Crippen LogP contribution in [0.1, 0.15) is 45.8 Å². The molecule has 0 aliphatic heterocycles. The summed E-state index contributed by atoms with van der Waals surface area (Å²) in [7, 11) is 0. The number of rotatable bonds is 6. The molecule has 3 aromatic heterocycles. The summed E-state index contributed by atoms with van der Waals surface area (Å²) in [5, 5.41) is 5.71. The van der Waals surface area contributed by atoms with Crippen LogP contribution in [0.15, 0.2) is 231 Å². The number of hydrogen-bond donors (Lipinski definition) is 0. The molecule has 0 N–H and O–H groups in total. The molecule has 0 spiro atoms. The Morgan fingerprint density at radius 2 is 1.08 bits per heavy atom. The standard InChI is InChI=1S/C62H41N3/c1-4-15-41(16-5-1)56-35-33-43-31-32-44-34-36-57(64-61(44)60(43)63-56)42-29-27-40(28-30-42)45-17-14-18-46(37-45)59-53-38-52-49-23-10-12-25-54(49)62(47-19-6-2-7-20-47,48-21-8-3-9-22-48)55(52)39-51(53)50-24-11-13-26-58(50)65-59/h1-29,31-39,42H,30H2. The van der Waals surface area contributed by atoms with Gasteiger partial charge < -0.3 is 0 Å². The van der Waals surface area contributed by atoms with Gasteiger partial charge in [0, 0.05) is 44.3 Å². The van der Waals surface area contributed by atoms with E-state index in [1.807, 2.05) is 6.07 Å². The van der Waals surface area contributed by atoms with Crippen LogP contribution in [0, 0.1) is 0 Å². The molecule has 2 aliphatic rings. The van der Waals surface area contributed by atoms with Gasteiger partial charge in [0.1, 0.15) is 0 Å². The van der Waals surface area contributed by atoms with Gasteiger partial charge >= 0.3 is 0 Å². The van der Waals surface area contributed by atoms with E-state index in [4.69, 9.17) is 15.0 Å². The zero-order valence-corrected chi connectivity index (χ0v) is 35.6. The van der Waals surface area contributed by atoms with Crippen LogP contribution < -0.4 is 0 Å². The van der Waals surface area contributed by atoms with Gasteiger partial charge in [-0.25, -0.2) is 15.0 Å². The van der Waals surface area contributed by atoms with E-state index in [0.29, 0.717) is 0 Å². The van der Waals surface area contributed by atoms with Crippen LogP contribution in [0.25, 0.3) is 82.7 Å². The first-order valence-corrected chi connectivity index (χ1v) is 22.5. The normalized spacial score (nSPS) is 15.0. The first-order chi connectivity index (χ1) is 32.2. The molecule has 0 fully saturated rings. The molecule has 0 saturated carbocycles. The van der Waals surface area contributed by atoms with Gasteiger partial charge in [-0.05, 0) is 92.7 Å².